The Morgan fingerprint density at radius 2 is 2.00 bits per heavy atom. The van der Waals surface area contributed by atoms with E-state index in [2.05, 4.69) is 15.7 Å². The molecule has 1 heterocycles. The summed E-state index contributed by atoms with van der Waals surface area (Å²) in [6.45, 7) is 3.39. The lowest BCUT2D eigenvalue weighted by Gasteiger charge is -2.25. The lowest BCUT2D eigenvalue weighted by molar-refractivity contribution is -0.136. The van der Waals surface area contributed by atoms with Gasteiger partial charge >= 0.3 is 0 Å². The molecule has 1 aromatic rings. The molecule has 9 nitrogen and oxygen atoms in total. The fraction of sp³-hybridized carbons (Fsp3) is 0.438. The van der Waals surface area contributed by atoms with Gasteiger partial charge in [0.2, 0.25) is 11.0 Å². The maximum absolute atomic E-state index is 12.7. The molecule has 0 spiro atoms. The van der Waals surface area contributed by atoms with Gasteiger partial charge < -0.3 is 10.2 Å². The normalized spacial score (nSPS) is 17.3. The van der Waals surface area contributed by atoms with Crippen LogP contribution in [0.15, 0.2) is 28.6 Å². The quantitative estimate of drug-likeness (QED) is 0.685. The molecule has 0 aromatic heterocycles. The van der Waals surface area contributed by atoms with Crippen molar-refractivity contribution >= 4 is 51.8 Å². The molecule has 0 radical (unpaired) electrons. The van der Waals surface area contributed by atoms with Crippen LogP contribution in [0.3, 0.4) is 0 Å². The zero-order valence-corrected chi connectivity index (χ0v) is 16.3. The lowest BCUT2D eigenvalue weighted by atomic mass is 10.1. The minimum Gasteiger partial charge on any atom is -0.341 e. The predicted octanol–water partition coefficient (Wildman–Crippen LogP) is 2.78. The lowest BCUT2D eigenvalue weighted by Crippen LogP contribution is -2.50. The summed E-state index contributed by atoms with van der Waals surface area (Å²) in [6, 6.07) is 2.28. The predicted molar refractivity (Wildman–Crippen MR) is 105 cm³/mol. The van der Waals surface area contributed by atoms with Crippen molar-refractivity contribution in [3.8, 4) is 0 Å². The number of carbonyl (C=O) groups excluding carboxylic acids is 3. The fourth-order valence-corrected chi connectivity index (χ4v) is 4.46. The molecule has 1 aromatic carbocycles. The van der Waals surface area contributed by atoms with E-state index < -0.39 is 18.0 Å². The standard InChI is InChI=1S/C16H18N4O5S2/c1-3-27-16(23)13-7-26-8-20(13)15(22)9(2)17-14(21)10-4-5-11(18-24)12(6-10)19-25/h4-6,9,13H,3,7-8H2,1-2H3,(H,17,21). The van der Waals surface area contributed by atoms with Crippen LogP contribution in [0.2, 0.25) is 0 Å². The molecule has 1 N–H and O–H groups in total. The van der Waals surface area contributed by atoms with Gasteiger partial charge in [0.05, 0.1) is 5.88 Å². The van der Waals surface area contributed by atoms with Gasteiger partial charge in [-0.05, 0) is 41.2 Å². The van der Waals surface area contributed by atoms with Crippen LogP contribution in [0.5, 0.6) is 0 Å². The van der Waals surface area contributed by atoms with E-state index in [0.29, 0.717) is 17.4 Å². The third kappa shape index (κ3) is 4.92. The third-order valence-corrected chi connectivity index (χ3v) is 5.73. The maximum Gasteiger partial charge on any atom is 0.252 e. The molecule has 2 rings (SSSR count). The monoisotopic (exact) mass is 410 g/mol. The third-order valence-electron chi connectivity index (χ3n) is 3.88. The fourth-order valence-electron chi connectivity index (χ4n) is 2.50. The highest BCUT2D eigenvalue weighted by Crippen LogP contribution is 2.29. The first-order valence-corrected chi connectivity index (χ1v) is 10.2. The number of rotatable bonds is 7. The van der Waals surface area contributed by atoms with Crippen LogP contribution in [-0.2, 0) is 9.59 Å². The molecule has 27 heavy (non-hydrogen) atoms. The summed E-state index contributed by atoms with van der Waals surface area (Å²) in [7, 11) is 0. The summed E-state index contributed by atoms with van der Waals surface area (Å²) in [6.07, 6.45) is 0. The molecular formula is C16H18N4O5S2. The number of amides is 2. The zero-order chi connectivity index (χ0) is 20.0. The molecule has 2 unspecified atom stereocenters. The van der Waals surface area contributed by atoms with Gasteiger partial charge in [0, 0.05) is 11.3 Å². The molecule has 0 bridgehead atoms. The van der Waals surface area contributed by atoms with Crippen molar-refractivity contribution in [1.82, 2.24) is 10.2 Å². The van der Waals surface area contributed by atoms with Crippen LogP contribution in [0.25, 0.3) is 0 Å². The van der Waals surface area contributed by atoms with E-state index in [0.717, 1.165) is 6.07 Å². The first kappa shape index (κ1) is 21.0. The van der Waals surface area contributed by atoms with E-state index in [4.69, 9.17) is 0 Å². The summed E-state index contributed by atoms with van der Waals surface area (Å²) < 4.78 is 0. The van der Waals surface area contributed by atoms with E-state index in [1.807, 2.05) is 6.92 Å². The van der Waals surface area contributed by atoms with Crippen molar-refractivity contribution in [1.29, 1.82) is 0 Å². The van der Waals surface area contributed by atoms with Gasteiger partial charge in [-0.2, -0.15) is 0 Å². The molecule has 1 aliphatic rings. The van der Waals surface area contributed by atoms with Crippen molar-refractivity contribution in [2.75, 3.05) is 17.4 Å². The van der Waals surface area contributed by atoms with Crippen LogP contribution in [-0.4, -0.2) is 51.3 Å². The zero-order valence-electron chi connectivity index (χ0n) is 14.7. The summed E-state index contributed by atoms with van der Waals surface area (Å²) in [5.41, 5.74) is -0.356. The van der Waals surface area contributed by atoms with E-state index in [1.54, 1.807) is 0 Å². The van der Waals surface area contributed by atoms with Gasteiger partial charge in [0.15, 0.2) is 0 Å². The van der Waals surface area contributed by atoms with Crippen molar-refractivity contribution in [2.24, 2.45) is 10.4 Å². The van der Waals surface area contributed by atoms with Crippen molar-refractivity contribution in [2.45, 2.75) is 25.9 Å². The minimum atomic E-state index is -0.866. The Balaban J connectivity index is 2.07. The van der Waals surface area contributed by atoms with E-state index in [9.17, 15) is 24.2 Å². The second-order valence-electron chi connectivity index (χ2n) is 5.66. The van der Waals surface area contributed by atoms with Crippen molar-refractivity contribution in [3.05, 3.63) is 33.6 Å². The Hall–Kier alpha value is -2.27. The smallest absolute Gasteiger partial charge is 0.252 e. The molecule has 0 saturated carbocycles. The van der Waals surface area contributed by atoms with E-state index in [1.165, 1.54) is 47.5 Å². The second kappa shape index (κ2) is 9.60. The van der Waals surface area contributed by atoms with Crippen molar-refractivity contribution in [3.63, 3.8) is 0 Å². The van der Waals surface area contributed by atoms with E-state index in [-0.39, 0.29) is 28.0 Å². The number of thioether (sulfide) groups is 2. The van der Waals surface area contributed by atoms with Crippen LogP contribution >= 0.6 is 23.5 Å². The number of nitroso groups, excluding NO2 is 2. The molecule has 1 saturated heterocycles. The van der Waals surface area contributed by atoms with Crippen LogP contribution in [0.4, 0.5) is 11.4 Å². The van der Waals surface area contributed by atoms with Gasteiger partial charge in [-0.15, -0.1) is 21.6 Å². The summed E-state index contributed by atoms with van der Waals surface area (Å²) in [4.78, 5) is 60.0. The maximum atomic E-state index is 12.7. The number of nitrogens with zero attached hydrogens (tertiary/aromatic N) is 3. The second-order valence-corrected chi connectivity index (χ2v) is 7.93. The molecule has 2 atom stereocenters. The highest BCUT2D eigenvalue weighted by molar-refractivity contribution is 8.13. The first-order chi connectivity index (χ1) is 12.9. The summed E-state index contributed by atoms with van der Waals surface area (Å²) >= 11 is 2.66. The summed E-state index contributed by atoms with van der Waals surface area (Å²) in [5, 5.41) is 7.80. The highest BCUT2D eigenvalue weighted by Gasteiger charge is 2.36. The number of benzene rings is 1. The van der Waals surface area contributed by atoms with Crippen LogP contribution < -0.4 is 5.32 Å². The molecular weight excluding hydrogens is 392 g/mol. The van der Waals surface area contributed by atoms with Crippen LogP contribution in [0, 0.1) is 9.81 Å². The SMILES string of the molecule is CCSC(=O)C1CSCN1C(=O)C(C)NC(=O)c1ccc(N=O)c(N=O)c1. The Kier molecular flexibility index (Phi) is 7.48. The average Bonchev–Trinajstić information content (AvgIpc) is 3.16. The van der Waals surface area contributed by atoms with Gasteiger partial charge in [-0.1, -0.05) is 18.7 Å². The first-order valence-electron chi connectivity index (χ1n) is 8.09. The molecule has 2 amide bonds. The number of hydrogen-bond acceptors (Lipinski definition) is 9. The molecule has 11 heteroatoms. The topological polar surface area (TPSA) is 125 Å². The molecule has 0 aliphatic carbocycles. The molecule has 144 valence electrons. The summed E-state index contributed by atoms with van der Waals surface area (Å²) in [5.74, 6) is 0.595. The highest BCUT2D eigenvalue weighted by atomic mass is 32.2. The number of carbonyl (C=O) groups is 3. The Morgan fingerprint density at radius 3 is 2.63 bits per heavy atom. The van der Waals surface area contributed by atoms with Crippen LogP contribution in [0.1, 0.15) is 24.2 Å². The van der Waals surface area contributed by atoms with Crippen molar-refractivity contribution < 1.29 is 14.4 Å². The number of nitrogens with one attached hydrogen (secondary N) is 1. The van der Waals surface area contributed by atoms with E-state index >= 15 is 0 Å². The Morgan fingerprint density at radius 1 is 1.30 bits per heavy atom. The minimum absolute atomic E-state index is 0.0620. The average molecular weight is 410 g/mol. The van der Waals surface area contributed by atoms with Gasteiger partial charge in [-0.25, -0.2) is 0 Å². The van der Waals surface area contributed by atoms with Gasteiger partial charge in [0.25, 0.3) is 5.91 Å². The van der Waals surface area contributed by atoms with Gasteiger partial charge in [0.1, 0.15) is 23.5 Å². The number of hydrogen-bond donors (Lipinski definition) is 1. The molecule has 1 aliphatic heterocycles. The Bertz CT molecular complexity index is 773. The Labute approximate surface area is 164 Å². The largest absolute Gasteiger partial charge is 0.341 e. The molecule has 1 fully saturated rings. The van der Waals surface area contributed by atoms with Gasteiger partial charge in [-0.3, -0.25) is 14.4 Å².